The molecule has 94 valence electrons. The first-order valence-corrected chi connectivity index (χ1v) is 5.37. The number of nitrogens with one attached hydrogen (secondary N) is 1. The molecule has 1 amide bonds. The maximum absolute atomic E-state index is 11.2. The molecule has 1 saturated heterocycles. The van der Waals surface area contributed by atoms with Crippen molar-refractivity contribution in [1.82, 2.24) is 5.48 Å². The lowest BCUT2D eigenvalue weighted by Crippen LogP contribution is -2.12. The fourth-order valence-corrected chi connectivity index (χ4v) is 1.42. The zero-order chi connectivity index (χ0) is 13.0. The number of nitrogens with two attached hydrogens (primary N) is 1. The van der Waals surface area contributed by atoms with Crippen LogP contribution in [0.25, 0.3) is 6.08 Å². The second-order valence-corrected chi connectivity index (χ2v) is 3.58. The molecule has 0 saturated carbocycles. The highest BCUT2D eigenvalue weighted by molar-refractivity contribution is 6.22. The molecule has 1 heterocycles. The van der Waals surface area contributed by atoms with Gasteiger partial charge in [-0.15, -0.1) is 0 Å². The lowest BCUT2D eigenvalue weighted by Gasteiger charge is -2.03. The Morgan fingerprint density at radius 3 is 2.56 bits per heavy atom. The number of hydrogen-bond donors (Lipinski definition) is 2. The predicted octanol–water partition coefficient (Wildman–Crippen LogP) is -0.00450. The van der Waals surface area contributed by atoms with Gasteiger partial charge in [0.15, 0.2) is 0 Å². The lowest BCUT2D eigenvalue weighted by molar-refractivity contribution is -0.143. The van der Waals surface area contributed by atoms with Crippen LogP contribution in [0.5, 0.6) is 5.75 Å². The molecule has 0 aliphatic carbocycles. The Balaban J connectivity index is 2.12. The molecule has 6 heteroatoms. The summed E-state index contributed by atoms with van der Waals surface area (Å²) >= 11 is 0. The van der Waals surface area contributed by atoms with E-state index in [0.717, 1.165) is 0 Å². The van der Waals surface area contributed by atoms with E-state index in [-0.39, 0.29) is 5.57 Å². The monoisotopic (exact) mass is 248 g/mol. The van der Waals surface area contributed by atoms with Gasteiger partial charge in [0.25, 0.3) is 5.91 Å². The van der Waals surface area contributed by atoms with Gasteiger partial charge in [-0.05, 0) is 23.8 Å². The molecule has 1 aromatic carbocycles. The topological polar surface area (TPSA) is 90.7 Å². The quantitative estimate of drug-likeness (QED) is 0.578. The first-order valence-electron chi connectivity index (χ1n) is 5.37. The Labute approximate surface area is 103 Å². The van der Waals surface area contributed by atoms with Crippen molar-refractivity contribution in [3.63, 3.8) is 0 Å². The minimum Gasteiger partial charge on any atom is -0.492 e. The highest BCUT2D eigenvalue weighted by Gasteiger charge is 2.28. The lowest BCUT2D eigenvalue weighted by atomic mass is 10.1. The predicted molar refractivity (Wildman–Crippen MR) is 63.2 cm³/mol. The molecule has 2 rings (SSSR count). The Morgan fingerprint density at radius 1 is 1.28 bits per heavy atom. The van der Waals surface area contributed by atoms with Crippen LogP contribution in [-0.4, -0.2) is 25.0 Å². The molecule has 0 atom stereocenters. The van der Waals surface area contributed by atoms with Gasteiger partial charge < -0.3 is 15.3 Å². The van der Waals surface area contributed by atoms with Crippen LogP contribution in [0.15, 0.2) is 29.8 Å². The van der Waals surface area contributed by atoms with Crippen molar-refractivity contribution in [1.29, 1.82) is 0 Å². The second-order valence-electron chi connectivity index (χ2n) is 3.58. The molecule has 18 heavy (non-hydrogen) atoms. The van der Waals surface area contributed by atoms with Gasteiger partial charge in [0, 0.05) is 6.54 Å². The standard InChI is InChI=1S/C12H12N2O4/c13-5-6-17-9-3-1-8(2-4-9)7-10-11(15)14-18-12(10)16/h1-4,7H,5-6,13H2,(H,14,15)/b10-7+. The fraction of sp³-hybridized carbons (Fsp3) is 0.167. The molecule has 6 nitrogen and oxygen atoms in total. The molecule has 1 fully saturated rings. The van der Waals surface area contributed by atoms with Crippen LogP contribution >= 0.6 is 0 Å². The molecular weight excluding hydrogens is 236 g/mol. The zero-order valence-corrected chi connectivity index (χ0v) is 9.51. The van der Waals surface area contributed by atoms with Crippen molar-refractivity contribution in [2.45, 2.75) is 0 Å². The summed E-state index contributed by atoms with van der Waals surface area (Å²) in [5, 5.41) is 0. The van der Waals surface area contributed by atoms with Gasteiger partial charge in [-0.1, -0.05) is 12.1 Å². The average Bonchev–Trinajstić information content (AvgIpc) is 2.70. The Bertz CT molecular complexity index is 475. The van der Waals surface area contributed by atoms with E-state index in [2.05, 4.69) is 4.84 Å². The van der Waals surface area contributed by atoms with Gasteiger partial charge in [-0.3, -0.25) is 4.79 Å². The van der Waals surface area contributed by atoms with Crippen molar-refractivity contribution in [3.8, 4) is 5.75 Å². The largest absolute Gasteiger partial charge is 0.492 e. The van der Waals surface area contributed by atoms with Crippen LogP contribution in [0, 0.1) is 0 Å². The number of carbonyl (C=O) groups excluding carboxylic acids is 2. The van der Waals surface area contributed by atoms with E-state index in [1.807, 2.05) is 5.48 Å². The second kappa shape index (κ2) is 5.33. The van der Waals surface area contributed by atoms with Gasteiger partial charge in [0.05, 0.1) is 0 Å². The van der Waals surface area contributed by atoms with Gasteiger partial charge in [-0.25, -0.2) is 4.79 Å². The van der Waals surface area contributed by atoms with Crippen LogP contribution in [0.1, 0.15) is 5.56 Å². The minimum absolute atomic E-state index is 0.0226. The van der Waals surface area contributed by atoms with E-state index in [0.29, 0.717) is 24.5 Å². The average molecular weight is 248 g/mol. The van der Waals surface area contributed by atoms with Gasteiger partial charge in [-0.2, -0.15) is 5.48 Å². The number of rotatable bonds is 4. The van der Waals surface area contributed by atoms with Gasteiger partial charge in [0.1, 0.15) is 17.9 Å². The molecular formula is C12H12N2O4. The van der Waals surface area contributed by atoms with E-state index in [9.17, 15) is 9.59 Å². The summed E-state index contributed by atoms with van der Waals surface area (Å²) in [6.07, 6.45) is 1.46. The Kier molecular flexibility index (Phi) is 3.59. The molecule has 0 unspecified atom stereocenters. The van der Waals surface area contributed by atoms with Crippen LogP contribution in [0.4, 0.5) is 0 Å². The van der Waals surface area contributed by atoms with Crippen molar-refractivity contribution >= 4 is 18.0 Å². The zero-order valence-electron chi connectivity index (χ0n) is 9.51. The summed E-state index contributed by atoms with van der Waals surface area (Å²) in [6, 6.07) is 6.94. The van der Waals surface area contributed by atoms with E-state index >= 15 is 0 Å². The van der Waals surface area contributed by atoms with Crippen LogP contribution in [0.3, 0.4) is 0 Å². The maximum Gasteiger partial charge on any atom is 0.368 e. The van der Waals surface area contributed by atoms with Crippen molar-refractivity contribution in [2.75, 3.05) is 13.2 Å². The molecule has 1 aromatic rings. The van der Waals surface area contributed by atoms with E-state index in [4.69, 9.17) is 10.5 Å². The molecule has 0 radical (unpaired) electrons. The summed E-state index contributed by atoms with van der Waals surface area (Å²) in [4.78, 5) is 26.8. The normalized spacial score (nSPS) is 16.6. The molecule has 1 aliphatic rings. The summed E-state index contributed by atoms with van der Waals surface area (Å²) in [5.74, 6) is -0.534. The minimum atomic E-state index is -0.677. The third-order valence-electron chi connectivity index (χ3n) is 2.28. The third kappa shape index (κ3) is 2.67. The van der Waals surface area contributed by atoms with Crippen LogP contribution in [0.2, 0.25) is 0 Å². The number of ether oxygens (including phenoxy) is 1. The first kappa shape index (κ1) is 12.1. The molecule has 3 N–H and O–H groups in total. The number of hydroxylamine groups is 1. The number of benzene rings is 1. The van der Waals surface area contributed by atoms with Crippen LogP contribution < -0.4 is 16.0 Å². The molecule has 1 aliphatic heterocycles. The van der Waals surface area contributed by atoms with Crippen molar-refractivity contribution in [3.05, 3.63) is 35.4 Å². The molecule has 0 bridgehead atoms. The first-order chi connectivity index (χ1) is 8.70. The number of amides is 1. The van der Waals surface area contributed by atoms with E-state index < -0.39 is 11.9 Å². The highest BCUT2D eigenvalue weighted by Crippen LogP contribution is 2.16. The van der Waals surface area contributed by atoms with E-state index in [1.54, 1.807) is 24.3 Å². The number of hydrogen-bond acceptors (Lipinski definition) is 5. The fourth-order valence-electron chi connectivity index (χ4n) is 1.42. The SMILES string of the molecule is NCCOc1ccc(/C=C2\C(=O)NOC2=O)cc1. The maximum atomic E-state index is 11.2. The van der Waals surface area contributed by atoms with E-state index in [1.165, 1.54) is 6.08 Å². The summed E-state index contributed by atoms with van der Waals surface area (Å²) in [6.45, 7) is 0.882. The Hall–Kier alpha value is -2.34. The summed E-state index contributed by atoms with van der Waals surface area (Å²) < 4.78 is 5.31. The van der Waals surface area contributed by atoms with Gasteiger partial charge >= 0.3 is 5.97 Å². The van der Waals surface area contributed by atoms with Crippen molar-refractivity contribution in [2.24, 2.45) is 5.73 Å². The van der Waals surface area contributed by atoms with Gasteiger partial charge in [0.2, 0.25) is 0 Å². The molecule has 0 aromatic heterocycles. The van der Waals surface area contributed by atoms with Crippen LogP contribution in [-0.2, 0) is 14.4 Å². The summed E-state index contributed by atoms with van der Waals surface area (Å²) in [5.41, 5.74) is 7.98. The smallest absolute Gasteiger partial charge is 0.368 e. The number of carbonyl (C=O) groups is 2. The van der Waals surface area contributed by atoms with Crippen molar-refractivity contribution < 1.29 is 19.2 Å². The summed E-state index contributed by atoms with van der Waals surface area (Å²) in [7, 11) is 0. The molecule has 0 spiro atoms. The third-order valence-corrected chi connectivity index (χ3v) is 2.28. The highest BCUT2D eigenvalue weighted by atomic mass is 16.7. The Morgan fingerprint density at radius 2 is 2.00 bits per heavy atom.